The molecule has 2 aliphatic heterocycles. The molecule has 35 heteroatoms. The number of piperazine rings is 1. The number of fused-ring (bicyclic) bond motifs is 5. The van der Waals surface area contributed by atoms with E-state index in [0.717, 1.165) is 116 Å². The fourth-order valence-electron chi connectivity index (χ4n) is 16.3. The number of benzene rings is 10. The Morgan fingerprint density at radius 2 is 0.479 bits per heavy atom. The summed E-state index contributed by atoms with van der Waals surface area (Å²) in [5.74, 6) is 2.07. The molecule has 696 valence electrons. The molecule has 5 amide bonds. The molecule has 0 bridgehead atoms. The quantitative estimate of drug-likeness (QED) is 0.0445. The second kappa shape index (κ2) is 40.0. The number of nitrogens with two attached hydrogens (primary N) is 6. The smallest absolute Gasteiger partial charge is 0.269 e. The lowest BCUT2D eigenvalue weighted by atomic mass is 10.1. The Kier molecular flexibility index (Phi) is 26.3. The van der Waals surface area contributed by atoms with Crippen LogP contribution in [-0.4, -0.2) is 180 Å². The van der Waals surface area contributed by atoms with E-state index in [0.29, 0.717) is 123 Å². The monoisotopic (exact) mass is 1860 g/mol. The van der Waals surface area contributed by atoms with Crippen molar-refractivity contribution in [2.45, 2.75) is 48.5 Å². The SMILES string of the molecule is Cc1ccc(-c2nc(C(N)=O)c3nc(C)n(-c4ccccc4)c3n2)cc1.Cc1ccc(-c2nc(C(N)=O)c3nc(C)n(-c4ccccc4)c3n2)cc1.Cc1ccc(-c2nc(C(N)=O)c3nc(N)n(-c4ccccc4)c3n2)cc1.Cc1ccc(-c2nc(C(N)=O)c3nc(N4CCNCC4)n(-c4ccccc4)c3n2)cc1.Cc1ccc(-c2nc(C(N)=O)c3nc(N4CCOCC4)n(-c4ccccc4)c3n2)cc1. The van der Waals surface area contributed by atoms with Crippen LogP contribution in [0.5, 0.6) is 0 Å². The number of carbonyl (C=O) groups is 5. The van der Waals surface area contributed by atoms with Crippen molar-refractivity contribution in [3.05, 3.63) is 341 Å². The van der Waals surface area contributed by atoms with Crippen molar-refractivity contribution < 1.29 is 28.7 Å². The van der Waals surface area contributed by atoms with E-state index >= 15 is 0 Å². The highest BCUT2D eigenvalue weighted by Gasteiger charge is 2.31. The number of imidazole rings is 5. The molecule has 2 fully saturated rings. The van der Waals surface area contributed by atoms with Crippen LogP contribution in [0.3, 0.4) is 0 Å². The van der Waals surface area contributed by atoms with E-state index in [1.807, 2.05) is 340 Å². The first-order chi connectivity index (χ1) is 67.9. The minimum Gasteiger partial charge on any atom is -0.378 e. The maximum Gasteiger partial charge on any atom is 0.269 e. The van der Waals surface area contributed by atoms with Gasteiger partial charge in [0.15, 0.2) is 85.8 Å². The Morgan fingerprint density at radius 3 is 0.743 bits per heavy atom. The van der Waals surface area contributed by atoms with E-state index in [1.165, 1.54) is 0 Å². The van der Waals surface area contributed by atoms with Gasteiger partial charge in [-0.2, -0.15) is 0 Å². The number of amides is 5. The van der Waals surface area contributed by atoms with E-state index < -0.39 is 29.5 Å². The summed E-state index contributed by atoms with van der Waals surface area (Å²) in [5.41, 5.74) is 53.5. The Bertz CT molecular complexity index is 7400. The molecule has 0 atom stereocenters. The third-order valence-corrected chi connectivity index (χ3v) is 23.3. The molecule has 20 aromatic rings. The largest absolute Gasteiger partial charge is 0.378 e. The van der Waals surface area contributed by atoms with Crippen LogP contribution < -0.4 is 49.5 Å². The van der Waals surface area contributed by atoms with Gasteiger partial charge in [-0.3, -0.25) is 46.8 Å². The van der Waals surface area contributed by atoms with E-state index in [-0.39, 0.29) is 39.9 Å². The molecule has 12 heterocycles. The van der Waals surface area contributed by atoms with E-state index in [1.54, 1.807) is 4.57 Å². The normalized spacial score (nSPS) is 12.4. The van der Waals surface area contributed by atoms with Crippen LogP contribution in [0.15, 0.2) is 273 Å². The molecule has 0 radical (unpaired) electrons. The molecule has 13 N–H and O–H groups in total. The highest BCUT2D eigenvalue weighted by atomic mass is 16.5. The molecule has 0 unspecified atom stereocenters. The van der Waals surface area contributed by atoms with Crippen LogP contribution in [0.4, 0.5) is 17.8 Å². The first-order valence-corrected chi connectivity index (χ1v) is 45.0. The first-order valence-electron chi connectivity index (χ1n) is 45.0. The molecular weight excluding hydrogens is 1760 g/mol. The van der Waals surface area contributed by atoms with Gasteiger partial charge in [0, 0.05) is 78.5 Å². The van der Waals surface area contributed by atoms with Gasteiger partial charge >= 0.3 is 0 Å². The number of carbonyl (C=O) groups excluding carboxylic acids is 5. The minimum absolute atomic E-state index is 0.0481. The van der Waals surface area contributed by atoms with Crippen molar-refractivity contribution >= 4 is 103 Å². The average molecular weight is 1860 g/mol. The molecule has 35 nitrogen and oxygen atoms in total. The second-order valence-corrected chi connectivity index (χ2v) is 33.3. The van der Waals surface area contributed by atoms with Crippen molar-refractivity contribution in [1.29, 1.82) is 0 Å². The number of ether oxygens (including phenoxy) is 1. The highest BCUT2D eigenvalue weighted by Crippen LogP contribution is 2.36. The van der Waals surface area contributed by atoms with Crippen LogP contribution in [0, 0.1) is 48.5 Å². The lowest BCUT2D eigenvalue weighted by Crippen LogP contribution is -2.44. The summed E-state index contributed by atoms with van der Waals surface area (Å²) in [7, 11) is 0. The lowest BCUT2D eigenvalue weighted by Gasteiger charge is -2.28. The number of hydrogen-bond acceptors (Lipinski definition) is 25. The Balaban J connectivity index is 0.000000116. The Labute approximate surface area is 801 Å². The molecule has 140 heavy (non-hydrogen) atoms. The fourth-order valence-corrected chi connectivity index (χ4v) is 16.3. The number of morpholine rings is 1. The number of rotatable bonds is 17. The Morgan fingerprint density at radius 1 is 0.257 bits per heavy atom. The van der Waals surface area contributed by atoms with Gasteiger partial charge in [0.25, 0.3) is 29.5 Å². The second-order valence-electron chi connectivity index (χ2n) is 33.3. The maximum atomic E-state index is 12.3. The molecule has 2 saturated heterocycles. The highest BCUT2D eigenvalue weighted by molar-refractivity contribution is 6.06. The number of nitrogens with zero attached hydrogens (tertiary/aromatic N) is 22. The van der Waals surface area contributed by atoms with Gasteiger partial charge in [0.05, 0.1) is 30.3 Å². The summed E-state index contributed by atoms with van der Waals surface area (Å²) in [4.78, 5) is 134. The minimum atomic E-state index is -0.677. The van der Waals surface area contributed by atoms with Crippen molar-refractivity contribution in [1.82, 2.24) is 103 Å². The summed E-state index contributed by atoms with van der Waals surface area (Å²) in [6.45, 7) is 19.7. The van der Waals surface area contributed by atoms with Gasteiger partial charge in [-0.15, -0.1) is 0 Å². The molecule has 0 saturated carbocycles. The first kappa shape index (κ1) is 92.1. The number of aryl methyl sites for hydroxylation is 7. The third-order valence-electron chi connectivity index (χ3n) is 23.3. The van der Waals surface area contributed by atoms with E-state index in [9.17, 15) is 24.0 Å². The van der Waals surface area contributed by atoms with E-state index in [2.05, 4.69) is 60.0 Å². The zero-order valence-electron chi connectivity index (χ0n) is 77.4. The van der Waals surface area contributed by atoms with Crippen molar-refractivity contribution in [3.63, 3.8) is 0 Å². The topological polar surface area (TPSA) is 487 Å². The Hall–Kier alpha value is -18.4. The van der Waals surface area contributed by atoms with Gasteiger partial charge < -0.3 is 54.3 Å². The van der Waals surface area contributed by atoms with Crippen LogP contribution >= 0.6 is 0 Å². The number of anilines is 3. The van der Waals surface area contributed by atoms with E-state index in [4.69, 9.17) is 69.0 Å². The molecule has 10 aromatic heterocycles. The number of nitrogens with one attached hydrogen (secondary N) is 1. The standard InChI is InChI=1S/C23H23N7O.C23H22N6O2.2C20H17N5O.C19H16N6O/c1-15-7-9-16(10-8-15)21-26-18(20(24)31)19-22(28-21)30(17-5-3-2-4-6-17)23(27-19)29-13-11-25-12-14-29;1-15-7-9-16(10-8-15)21-25-18(20(24)30)19-22(27-21)29(17-5-3-2-4-6-17)23(26-19)28-11-13-31-14-12-28;2*1-12-8-10-14(11-9-12)19-23-16(18(21)26)17-20(24-19)25(13(2)22-17)15-6-4-3-5-7-15;1-11-7-9-12(10-8-11)17-22-14(16(20)26)15-18(24-17)25(19(21)23-15)13-5-3-2-4-6-13/h2-10,25H,11-14H2,1H3,(H2,24,31);2-10H,11-14H2,1H3,(H2,24,30);2*3-11H,1-2H3,(H2,21,26);2-10H,1H3,(H2,20,26)(H2,21,23). The molecule has 10 aromatic carbocycles. The zero-order valence-corrected chi connectivity index (χ0v) is 77.4. The predicted octanol–water partition coefficient (Wildman–Crippen LogP) is 13.9. The number of para-hydroxylation sites is 5. The molecule has 0 aliphatic carbocycles. The summed E-state index contributed by atoms with van der Waals surface area (Å²) in [5, 5.41) is 3.36. The summed E-state index contributed by atoms with van der Waals surface area (Å²) in [6.07, 6.45) is 0. The summed E-state index contributed by atoms with van der Waals surface area (Å²) in [6, 6.07) is 87.8. The van der Waals surface area contributed by atoms with Crippen LogP contribution in [-0.2, 0) is 4.74 Å². The predicted molar refractivity (Wildman–Crippen MR) is 539 cm³/mol. The summed E-state index contributed by atoms with van der Waals surface area (Å²) >= 11 is 0. The van der Waals surface area contributed by atoms with Crippen molar-refractivity contribution in [2.75, 3.05) is 68.0 Å². The van der Waals surface area contributed by atoms with Gasteiger partial charge in [-0.1, -0.05) is 240 Å². The van der Waals surface area contributed by atoms with Crippen molar-refractivity contribution in [3.8, 4) is 85.4 Å². The molecule has 22 rings (SSSR count). The maximum absolute atomic E-state index is 12.3. The number of nitrogen functional groups attached to an aromatic ring is 1. The van der Waals surface area contributed by atoms with Gasteiger partial charge in [-0.05, 0) is 109 Å². The zero-order chi connectivity index (χ0) is 97.5. The third kappa shape index (κ3) is 19.3. The number of aromatic nitrogens is 20. The van der Waals surface area contributed by atoms with Gasteiger partial charge in [0.1, 0.15) is 39.2 Å². The fraction of sp³-hybridized carbons (Fsp3) is 0.143. The number of hydrogen-bond donors (Lipinski definition) is 7. The van der Waals surface area contributed by atoms with Crippen LogP contribution in [0.2, 0.25) is 0 Å². The number of primary amides is 5. The van der Waals surface area contributed by atoms with Gasteiger partial charge in [-0.25, -0.2) is 74.8 Å². The molecule has 2 aliphatic rings. The molecule has 0 spiro atoms. The average Bonchev–Trinajstić information content (AvgIpc) is 1.61. The lowest BCUT2D eigenvalue weighted by molar-refractivity contribution is 0.0988. The van der Waals surface area contributed by atoms with Gasteiger partial charge in [0.2, 0.25) is 17.8 Å². The summed E-state index contributed by atoms with van der Waals surface area (Å²) < 4.78 is 15.0. The van der Waals surface area contributed by atoms with Crippen LogP contribution in [0.25, 0.3) is 141 Å². The molecular formula is C105H95N29O6. The van der Waals surface area contributed by atoms with Crippen LogP contribution in [0.1, 0.15) is 91.9 Å². The van der Waals surface area contributed by atoms with Crippen molar-refractivity contribution in [2.24, 2.45) is 28.7 Å².